The van der Waals surface area contributed by atoms with E-state index in [0.29, 0.717) is 12.2 Å². The van der Waals surface area contributed by atoms with Crippen molar-refractivity contribution in [2.24, 2.45) is 0 Å². The van der Waals surface area contributed by atoms with Gasteiger partial charge in [-0.15, -0.1) is 11.3 Å². The van der Waals surface area contributed by atoms with Gasteiger partial charge in [0.1, 0.15) is 0 Å². The van der Waals surface area contributed by atoms with E-state index in [9.17, 15) is 8.42 Å². The summed E-state index contributed by atoms with van der Waals surface area (Å²) in [6, 6.07) is 1.89. The molecule has 0 fully saturated rings. The lowest BCUT2D eigenvalue weighted by atomic mass is 10.4. The number of nitrogens with one attached hydrogen (secondary N) is 2. The fourth-order valence-corrected chi connectivity index (χ4v) is 4.00. The topological polar surface area (TPSA) is 76.0 Å². The van der Waals surface area contributed by atoms with Crippen molar-refractivity contribution in [2.75, 3.05) is 11.3 Å². The third-order valence-corrected chi connectivity index (χ3v) is 5.32. The largest absolute Gasteiger partial charge is 0.312 e. The maximum absolute atomic E-state index is 12.3. The molecule has 8 heteroatoms. The zero-order valence-corrected chi connectivity index (χ0v) is 14.0. The first-order valence-corrected chi connectivity index (χ1v) is 9.13. The van der Waals surface area contributed by atoms with Gasteiger partial charge in [0.05, 0.1) is 16.8 Å². The minimum Gasteiger partial charge on any atom is -0.312 e. The Labute approximate surface area is 129 Å². The Morgan fingerprint density at radius 2 is 2.19 bits per heavy atom. The second kappa shape index (κ2) is 6.59. The summed E-state index contributed by atoms with van der Waals surface area (Å²) in [7, 11) is -3.55. The van der Waals surface area contributed by atoms with E-state index in [0.717, 1.165) is 11.4 Å². The molecule has 2 aromatic rings. The van der Waals surface area contributed by atoms with Crippen LogP contribution in [-0.4, -0.2) is 24.7 Å². The van der Waals surface area contributed by atoms with E-state index in [4.69, 9.17) is 0 Å². The Hall–Kier alpha value is -1.38. The van der Waals surface area contributed by atoms with Crippen LogP contribution in [0.2, 0.25) is 0 Å². The second-order valence-electron chi connectivity index (χ2n) is 4.94. The van der Waals surface area contributed by atoms with Crippen LogP contribution in [0, 0.1) is 0 Å². The standard InChI is InChI=1S/C13H20N4O2S2/c1-4-14-7-12-5-13(9-20-12)21(18,19)16-11-6-15-17(8-11)10(2)3/h5-6,8-10,14,16H,4,7H2,1-3H3. The summed E-state index contributed by atoms with van der Waals surface area (Å²) in [4.78, 5) is 1.29. The predicted octanol–water partition coefficient (Wildman–Crippen LogP) is 2.44. The first-order chi connectivity index (χ1) is 9.92. The van der Waals surface area contributed by atoms with Crippen LogP contribution in [0.25, 0.3) is 0 Å². The van der Waals surface area contributed by atoms with Crippen LogP contribution in [0.4, 0.5) is 5.69 Å². The molecule has 116 valence electrons. The number of thiophene rings is 1. The van der Waals surface area contributed by atoms with Crippen molar-refractivity contribution in [3.63, 3.8) is 0 Å². The highest BCUT2D eigenvalue weighted by molar-refractivity contribution is 7.92. The molecule has 6 nitrogen and oxygen atoms in total. The zero-order chi connectivity index (χ0) is 15.5. The van der Waals surface area contributed by atoms with E-state index in [1.54, 1.807) is 22.3 Å². The number of nitrogens with zero attached hydrogens (tertiary/aromatic N) is 2. The molecular formula is C13H20N4O2S2. The van der Waals surface area contributed by atoms with E-state index >= 15 is 0 Å². The lowest BCUT2D eigenvalue weighted by molar-refractivity contribution is 0.532. The van der Waals surface area contributed by atoms with E-state index < -0.39 is 10.0 Å². The van der Waals surface area contributed by atoms with E-state index in [1.165, 1.54) is 17.5 Å². The zero-order valence-electron chi connectivity index (χ0n) is 12.3. The van der Waals surface area contributed by atoms with E-state index in [2.05, 4.69) is 15.1 Å². The third-order valence-electron chi connectivity index (χ3n) is 2.87. The number of hydrogen-bond acceptors (Lipinski definition) is 5. The van der Waals surface area contributed by atoms with Gasteiger partial charge in [0.15, 0.2) is 0 Å². The molecule has 0 saturated heterocycles. The summed E-state index contributed by atoms with van der Waals surface area (Å²) >= 11 is 1.43. The van der Waals surface area contributed by atoms with Gasteiger partial charge in [-0.3, -0.25) is 9.40 Å². The molecule has 0 radical (unpaired) electrons. The van der Waals surface area contributed by atoms with Gasteiger partial charge in [0.25, 0.3) is 10.0 Å². The Balaban J connectivity index is 2.11. The van der Waals surface area contributed by atoms with Gasteiger partial charge in [-0.1, -0.05) is 6.92 Å². The van der Waals surface area contributed by atoms with Crippen molar-refractivity contribution in [3.8, 4) is 0 Å². The summed E-state index contributed by atoms with van der Waals surface area (Å²) in [6.07, 6.45) is 3.21. The molecule has 0 unspecified atom stereocenters. The molecule has 2 aromatic heterocycles. The Morgan fingerprint density at radius 1 is 1.43 bits per heavy atom. The number of sulfonamides is 1. The van der Waals surface area contributed by atoms with Crippen LogP contribution in [0.1, 0.15) is 31.7 Å². The molecule has 0 aromatic carbocycles. The molecule has 0 bridgehead atoms. The van der Waals surface area contributed by atoms with Crippen LogP contribution >= 0.6 is 11.3 Å². The maximum Gasteiger partial charge on any atom is 0.262 e. The molecule has 0 saturated carbocycles. The van der Waals surface area contributed by atoms with Crippen LogP contribution in [0.3, 0.4) is 0 Å². The molecule has 0 aliphatic rings. The minimum absolute atomic E-state index is 0.191. The highest BCUT2D eigenvalue weighted by Crippen LogP contribution is 2.22. The normalized spacial score (nSPS) is 12.0. The lowest BCUT2D eigenvalue weighted by Gasteiger charge is -2.05. The van der Waals surface area contributed by atoms with Gasteiger partial charge in [0.2, 0.25) is 0 Å². The highest BCUT2D eigenvalue weighted by Gasteiger charge is 2.17. The van der Waals surface area contributed by atoms with Crippen LogP contribution in [0.15, 0.2) is 28.7 Å². The Kier molecular flexibility index (Phi) is 5.02. The van der Waals surface area contributed by atoms with Crippen molar-refractivity contribution < 1.29 is 8.42 Å². The van der Waals surface area contributed by atoms with Crippen molar-refractivity contribution in [3.05, 3.63) is 28.7 Å². The fraction of sp³-hybridized carbons (Fsp3) is 0.462. The smallest absolute Gasteiger partial charge is 0.262 e. The second-order valence-corrected chi connectivity index (χ2v) is 7.62. The van der Waals surface area contributed by atoms with Gasteiger partial charge in [-0.25, -0.2) is 8.42 Å². The van der Waals surface area contributed by atoms with Gasteiger partial charge < -0.3 is 5.32 Å². The molecular weight excluding hydrogens is 308 g/mol. The van der Waals surface area contributed by atoms with Crippen LogP contribution in [-0.2, 0) is 16.6 Å². The number of aromatic nitrogens is 2. The van der Waals surface area contributed by atoms with E-state index in [1.807, 2.05) is 20.8 Å². The van der Waals surface area contributed by atoms with Gasteiger partial charge in [-0.2, -0.15) is 5.10 Å². The average molecular weight is 328 g/mol. The van der Waals surface area contributed by atoms with E-state index in [-0.39, 0.29) is 10.9 Å². The van der Waals surface area contributed by atoms with Crippen molar-refractivity contribution in [1.82, 2.24) is 15.1 Å². The molecule has 0 amide bonds. The number of anilines is 1. The quantitative estimate of drug-likeness (QED) is 0.818. The minimum atomic E-state index is -3.55. The third kappa shape index (κ3) is 4.05. The molecule has 0 aliphatic heterocycles. The molecule has 2 N–H and O–H groups in total. The molecule has 21 heavy (non-hydrogen) atoms. The van der Waals surface area contributed by atoms with Crippen molar-refractivity contribution in [1.29, 1.82) is 0 Å². The number of rotatable bonds is 7. The summed E-state index contributed by atoms with van der Waals surface area (Å²) in [6.45, 7) is 7.52. The predicted molar refractivity (Wildman–Crippen MR) is 85.1 cm³/mol. The summed E-state index contributed by atoms with van der Waals surface area (Å²) in [5, 5.41) is 8.95. The molecule has 0 atom stereocenters. The van der Waals surface area contributed by atoms with Gasteiger partial charge in [-0.05, 0) is 26.5 Å². The average Bonchev–Trinajstić information content (AvgIpc) is 3.04. The van der Waals surface area contributed by atoms with Crippen molar-refractivity contribution in [2.45, 2.75) is 38.3 Å². The SMILES string of the molecule is CCNCc1cc(S(=O)(=O)Nc2cnn(C(C)C)c2)cs1. The van der Waals surface area contributed by atoms with Crippen LogP contribution in [0.5, 0.6) is 0 Å². The van der Waals surface area contributed by atoms with Gasteiger partial charge >= 0.3 is 0 Å². The molecule has 2 rings (SSSR count). The highest BCUT2D eigenvalue weighted by atomic mass is 32.2. The monoisotopic (exact) mass is 328 g/mol. The lowest BCUT2D eigenvalue weighted by Crippen LogP contribution is -2.12. The fourth-order valence-electron chi connectivity index (χ4n) is 1.73. The molecule has 0 aliphatic carbocycles. The van der Waals surface area contributed by atoms with Crippen LogP contribution < -0.4 is 10.0 Å². The number of hydrogen-bond donors (Lipinski definition) is 2. The maximum atomic E-state index is 12.3. The Morgan fingerprint density at radius 3 is 2.81 bits per heavy atom. The van der Waals surface area contributed by atoms with Crippen molar-refractivity contribution >= 4 is 27.0 Å². The first kappa shape index (κ1) is 16.0. The molecule has 2 heterocycles. The summed E-state index contributed by atoms with van der Waals surface area (Å²) in [5.41, 5.74) is 0.475. The Bertz CT molecular complexity index is 689. The molecule has 0 spiro atoms. The van der Waals surface area contributed by atoms with Gasteiger partial charge in [0, 0.05) is 29.0 Å². The summed E-state index contributed by atoms with van der Waals surface area (Å²) in [5.74, 6) is 0. The first-order valence-electron chi connectivity index (χ1n) is 6.77. The summed E-state index contributed by atoms with van der Waals surface area (Å²) < 4.78 is 28.9.